The number of aromatic nitrogens is 2. The molecule has 1 unspecified atom stereocenters. The van der Waals surface area contributed by atoms with Gasteiger partial charge in [0.15, 0.2) is 0 Å². The van der Waals surface area contributed by atoms with E-state index in [0.717, 1.165) is 5.82 Å². The number of carbonyl (C=O) groups excluding carboxylic acids is 1. The van der Waals surface area contributed by atoms with Crippen molar-refractivity contribution in [3.05, 3.63) is 18.2 Å². The van der Waals surface area contributed by atoms with Crippen molar-refractivity contribution >= 4 is 5.91 Å². The third-order valence-electron chi connectivity index (χ3n) is 3.01. The minimum absolute atomic E-state index is 0.355. The molecule has 0 aliphatic heterocycles. The van der Waals surface area contributed by atoms with Gasteiger partial charge in [-0.1, -0.05) is 0 Å². The number of nitrogens with one attached hydrogen (secondary N) is 1. The molecule has 0 bridgehead atoms. The van der Waals surface area contributed by atoms with Crippen LogP contribution in [0.4, 0.5) is 0 Å². The van der Waals surface area contributed by atoms with Crippen LogP contribution in [0, 0.1) is 0 Å². The average molecular weight is 239 g/mol. The maximum atomic E-state index is 11.4. The minimum Gasteiger partial charge on any atom is -0.368 e. The molecule has 0 radical (unpaired) electrons. The van der Waals surface area contributed by atoms with Gasteiger partial charge in [-0.25, -0.2) is 4.98 Å². The second-order valence-electron chi connectivity index (χ2n) is 4.57. The first-order valence-corrected chi connectivity index (χ1v) is 5.52. The zero-order chi connectivity index (χ0) is 13.1. The first-order valence-electron chi connectivity index (χ1n) is 5.52. The highest BCUT2D eigenvalue weighted by atomic mass is 16.1. The molecule has 1 amide bonds. The fourth-order valence-corrected chi connectivity index (χ4v) is 1.67. The number of primary amides is 1. The van der Waals surface area contributed by atoms with Crippen LogP contribution in [0.2, 0.25) is 0 Å². The largest absolute Gasteiger partial charge is 0.368 e. The van der Waals surface area contributed by atoms with Gasteiger partial charge in [-0.3, -0.25) is 9.69 Å². The van der Waals surface area contributed by atoms with Gasteiger partial charge in [0.2, 0.25) is 5.91 Å². The maximum absolute atomic E-state index is 11.4. The summed E-state index contributed by atoms with van der Waals surface area (Å²) in [5.74, 6) is 0.599. The van der Waals surface area contributed by atoms with Crippen molar-refractivity contribution in [2.75, 3.05) is 20.6 Å². The average Bonchev–Trinajstić information content (AvgIpc) is 2.63. The molecule has 96 valence electrons. The first kappa shape index (κ1) is 13.7. The predicted octanol–water partition coefficient (Wildman–Crippen LogP) is -0.685. The van der Waals surface area contributed by atoms with Gasteiger partial charge in [0.05, 0.1) is 6.54 Å². The van der Waals surface area contributed by atoms with Crippen molar-refractivity contribution in [2.45, 2.75) is 19.0 Å². The van der Waals surface area contributed by atoms with E-state index in [0.29, 0.717) is 13.1 Å². The molecule has 1 rings (SSSR count). The fourth-order valence-electron chi connectivity index (χ4n) is 1.67. The minimum atomic E-state index is -0.722. The Morgan fingerprint density at radius 3 is 2.76 bits per heavy atom. The van der Waals surface area contributed by atoms with Gasteiger partial charge in [0, 0.05) is 26.0 Å². The van der Waals surface area contributed by atoms with Crippen LogP contribution in [0.5, 0.6) is 0 Å². The third kappa shape index (κ3) is 3.28. The predicted molar refractivity (Wildman–Crippen MR) is 66.2 cm³/mol. The quantitative estimate of drug-likeness (QED) is 0.689. The van der Waals surface area contributed by atoms with Crippen LogP contribution < -0.4 is 11.1 Å². The van der Waals surface area contributed by atoms with Crippen LogP contribution in [-0.4, -0.2) is 46.5 Å². The van der Waals surface area contributed by atoms with Gasteiger partial charge in [0.25, 0.3) is 0 Å². The number of amides is 1. The Bertz CT molecular complexity index is 389. The van der Waals surface area contributed by atoms with Crippen molar-refractivity contribution in [3.8, 4) is 0 Å². The Hall–Kier alpha value is -1.40. The van der Waals surface area contributed by atoms with E-state index in [1.165, 1.54) is 0 Å². The molecule has 1 heterocycles. The first-order chi connectivity index (χ1) is 7.89. The maximum Gasteiger partial charge on any atom is 0.238 e. The lowest BCUT2D eigenvalue weighted by atomic mass is 10.0. The summed E-state index contributed by atoms with van der Waals surface area (Å²) in [6.07, 6.45) is 3.66. The molecule has 0 saturated heterocycles. The molecule has 0 aromatic carbocycles. The van der Waals surface area contributed by atoms with Crippen LogP contribution in [0.15, 0.2) is 12.4 Å². The van der Waals surface area contributed by atoms with E-state index in [1.54, 1.807) is 20.2 Å². The lowest BCUT2D eigenvalue weighted by Gasteiger charge is -2.30. The van der Waals surface area contributed by atoms with Gasteiger partial charge in [-0.15, -0.1) is 0 Å². The van der Waals surface area contributed by atoms with Crippen molar-refractivity contribution in [2.24, 2.45) is 12.8 Å². The summed E-state index contributed by atoms with van der Waals surface area (Å²) in [7, 11) is 5.62. The van der Waals surface area contributed by atoms with Crippen molar-refractivity contribution in [1.82, 2.24) is 19.8 Å². The molecule has 0 fully saturated rings. The Morgan fingerprint density at radius 1 is 1.71 bits per heavy atom. The van der Waals surface area contributed by atoms with Crippen molar-refractivity contribution in [3.63, 3.8) is 0 Å². The number of aryl methyl sites for hydroxylation is 1. The normalized spacial score (nSPS) is 14.9. The summed E-state index contributed by atoms with van der Waals surface area (Å²) >= 11 is 0. The Balaban J connectivity index is 2.63. The third-order valence-corrected chi connectivity index (χ3v) is 3.01. The molecule has 0 aliphatic carbocycles. The summed E-state index contributed by atoms with van der Waals surface area (Å²) < 4.78 is 1.96. The number of carbonyl (C=O) groups is 1. The van der Waals surface area contributed by atoms with E-state index < -0.39 is 5.54 Å². The van der Waals surface area contributed by atoms with E-state index in [1.807, 2.05) is 29.8 Å². The highest BCUT2D eigenvalue weighted by Gasteiger charge is 2.30. The van der Waals surface area contributed by atoms with Crippen LogP contribution >= 0.6 is 0 Å². The van der Waals surface area contributed by atoms with Crippen molar-refractivity contribution < 1.29 is 4.79 Å². The molecular formula is C11H21N5O. The number of nitrogens with zero attached hydrogens (tertiary/aromatic N) is 3. The molecule has 6 nitrogen and oxygen atoms in total. The summed E-state index contributed by atoms with van der Waals surface area (Å²) in [5.41, 5.74) is 4.66. The van der Waals surface area contributed by atoms with Gasteiger partial charge in [-0.2, -0.15) is 0 Å². The lowest BCUT2D eigenvalue weighted by molar-refractivity contribution is -0.124. The van der Waals surface area contributed by atoms with Gasteiger partial charge < -0.3 is 15.6 Å². The van der Waals surface area contributed by atoms with E-state index in [-0.39, 0.29) is 5.91 Å². The van der Waals surface area contributed by atoms with Crippen LogP contribution in [0.1, 0.15) is 12.7 Å². The number of likely N-dealkylation sites (N-methyl/N-ethyl adjacent to an activating group) is 2. The monoisotopic (exact) mass is 239 g/mol. The Morgan fingerprint density at radius 2 is 2.35 bits per heavy atom. The van der Waals surface area contributed by atoms with Gasteiger partial charge in [0.1, 0.15) is 11.4 Å². The number of imidazole rings is 1. The van der Waals surface area contributed by atoms with E-state index in [4.69, 9.17) is 5.73 Å². The summed E-state index contributed by atoms with van der Waals surface area (Å²) in [4.78, 5) is 17.6. The van der Waals surface area contributed by atoms with Gasteiger partial charge in [-0.05, 0) is 21.0 Å². The van der Waals surface area contributed by atoms with Crippen molar-refractivity contribution in [1.29, 1.82) is 0 Å². The summed E-state index contributed by atoms with van der Waals surface area (Å²) in [5, 5.41) is 2.96. The van der Waals surface area contributed by atoms with Crippen LogP contribution in [-0.2, 0) is 18.4 Å². The second kappa shape index (κ2) is 5.29. The lowest BCUT2D eigenvalue weighted by Crippen LogP contribution is -2.57. The topological polar surface area (TPSA) is 76.2 Å². The second-order valence-corrected chi connectivity index (χ2v) is 4.57. The molecule has 1 aromatic rings. The molecular weight excluding hydrogens is 218 g/mol. The summed E-state index contributed by atoms with van der Waals surface area (Å²) in [6.45, 7) is 3.00. The number of hydrogen-bond donors (Lipinski definition) is 2. The zero-order valence-corrected chi connectivity index (χ0v) is 10.9. The molecule has 1 atom stereocenters. The standard InChI is InChI=1S/C11H21N5O/c1-11(13-2,10(12)17)8-15(3)7-9-14-5-6-16(9)4/h5-6,13H,7-8H2,1-4H3,(H2,12,17). The Kier molecular flexibility index (Phi) is 4.25. The highest BCUT2D eigenvalue weighted by Crippen LogP contribution is 2.07. The molecule has 3 N–H and O–H groups in total. The number of hydrogen-bond acceptors (Lipinski definition) is 4. The molecule has 0 aliphatic rings. The molecule has 0 saturated carbocycles. The molecule has 0 spiro atoms. The number of rotatable bonds is 6. The SMILES string of the molecule is CNC(C)(CN(C)Cc1nccn1C)C(N)=O. The summed E-state index contributed by atoms with van der Waals surface area (Å²) in [6, 6.07) is 0. The fraction of sp³-hybridized carbons (Fsp3) is 0.636. The zero-order valence-electron chi connectivity index (χ0n) is 10.9. The molecule has 1 aromatic heterocycles. The Labute approximate surface area is 102 Å². The smallest absolute Gasteiger partial charge is 0.238 e. The van der Waals surface area contributed by atoms with E-state index in [9.17, 15) is 4.79 Å². The van der Waals surface area contributed by atoms with Crippen LogP contribution in [0.25, 0.3) is 0 Å². The highest BCUT2D eigenvalue weighted by molar-refractivity contribution is 5.84. The number of nitrogens with two attached hydrogens (primary N) is 1. The molecule has 17 heavy (non-hydrogen) atoms. The van der Waals surface area contributed by atoms with Gasteiger partial charge >= 0.3 is 0 Å². The van der Waals surface area contributed by atoms with E-state index >= 15 is 0 Å². The molecule has 6 heteroatoms. The van der Waals surface area contributed by atoms with Crippen LogP contribution in [0.3, 0.4) is 0 Å². The van der Waals surface area contributed by atoms with E-state index in [2.05, 4.69) is 10.3 Å².